The summed E-state index contributed by atoms with van der Waals surface area (Å²) < 4.78 is 5.37. The smallest absolute Gasteiger partial charge is 0.320 e. The van der Waals surface area contributed by atoms with Crippen molar-refractivity contribution in [1.82, 2.24) is 19.8 Å². The Labute approximate surface area is 149 Å². The maximum atomic E-state index is 12.9. The number of carbonyl (C=O) groups is 1. The third kappa shape index (κ3) is 3.42. The molecule has 7 heteroatoms. The molecule has 0 radical (unpaired) electrons. The first-order valence-corrected chi connectivity index (χ1v) is 9.45. The number of amides is 2. The van der Waals surface area contributed by atoms with Gasteiger partial charge in [-0.15, -0.1) is 0 Å². The molecule has 0 spiro atoms. The molecule has 0 aliphatic carbocycles. The highest BCUT2D eigenvalue weighted by Crippen LogP contribution is 2.29. The molecule has 0 N–H and O–H groups in total. The summed E-state index contributed by atoms with van der Waals surface area (Å²) in [4.78, 5) is 28.5. The van der Waals surface area contributed by atoms with E-state index in [0.29, 0.717) is 32.8 Å². The van der Waals surface area contributed by atoms with Crippen LogP contribution in [0.4, 0.5) is 10.6 Å². The fourth-order valence-electron chi connectivity index (χ4n) is 4.00. The minimum absolute atomic E-state index is 0.124. The van der Waals surface area contributed by atoms with E-state index < -0.39 is 0 Å². The molecule has 136 valence electrons. The van der Waals surface area contributed by atoms with Crippen LogP contribution >= 0.6 is 0 Å². The van der Waals surface area contributed by atoms with Crippen molar-refractivity contribution < 1.29 is 9.53 Å². The van der Waals surface area contributed by atoms with Crippen molar-refractivity contribution in [3.63, 3.8) is 0 Å². The summed E-state index contributed by atoms with van der Waals surface area (Å²) in [7, 11) is 0. The van der Waals surface area contributed by atoms with Gasteiger partial charge in [0.25, 0.3) is 0 Å². The summed E-state index contributed by atoms with van der Waals surface area (Å²) in [6.45, 7) is 8.09. The van der Waals surface area contributed by atoms with Crippen molar-refractivity contribution in [3.8, 4) is 0 Å². The molecule has 1 aromatic rings. The molecule has 0 bridgehead atoms. The number of nitrogens with zero attached hydrogens (tertiary/aromatic N) is 5. The van der Waals surface area contributed by atoms with Crippen LogP contribution < -0.4 is 4.90 Å². The molecule has 7 nitrogen and oxygen atoms in total. The van der Waals surface area contributed by atoms with E-state index >= 15 is 0 Å². The van der Waals surface area contributed by atoms with E-state index in [1.807, 2.05) is 16.7 Å². The Kier molecular flexibility index (Phi) is 4.74. The number of ether oxygens (including phenoxy) is 1. The van der Waals surface area contributed by atoms with Crippen LogP contribution in [0.3, 0.4) is 0 Å². The van der Waals surface area contributed by atoms with E-state index in [-0.39, 0.29) is 6.03 Å². The van der Waals surface area contributed by atoms with Gasteiger partial charge in [0.2, 0.25) is 0 Å². The molecule has 3 aliphatic rings. The zero-order valence-electron chi connectivity index (χ0n) is 15.0. The lowest BCUT2D eigenvalue weighted by Crippen LogP contribution is -2.49. The van der Waals surface area contributed by atoms with Crippen LogP contribution in [-0.2, 0) is 17.7 Å². The summed E-state index contributed by atoms with van der Waals surface area (Å²) in [6, 6.07) is 0.124. The van der Waals surface area contributed by atoms with Crippen LogP contribution in [-0.4, -0.2) is 71.7 Å². The molecule has 3 aliphatic heterocycles. The molecule has 4 heterocycles. The van der Waals surface area contributed by atoms with Gasteiger partial charge in [-0.05, 0) is 26.2 Å². The number of hydrogen-bond acceptors (Lipinski definition) is 5. The molecular formula is C18H27N5O2. The second-order valence-corrected chi connectivity index (χ2v) is 7.12. The first-order valence-electron chi connectivity index (χ1n) is 9.45. The number of carbonyl (C=O) groups excluding carboxylic acids is 1. The second kappa shape index (κ2) is 7.15. The van der Waals surface area contributed by atoms with E-state index in [1.165, 1.54) is 19.3 Å². The zero-order valence-corrected chi connectivity index (χ0v) is 15.0. The van der Waals surface area contributed by atoms with Crippen LogP contribution in [0.1, 0.15) is 36.3 Å². The fraction of sp³-hybridized carbons (Fsp3) is 0.722. The molecule has 0 atom stereocenters. The lowest BCUT2D eigenvalue weighted by molar-refractivity contribution is 0.0421. The van der Waals surface area contributed by atoms with E-state index in [4.69, 9.17) is 9.72 Å². The minimum Gasteiger partial charge on any atom is -0.378 e. The zero-order chi connectivity index (χ0) is 17.2. The molecule has 2 fully saturated rings. The SMILES string of the molecule is Cc1nc2c(c(N3CCCCC3)n1)CN(C(=O)N1CCOCC1)CC2. The number of rotatable bonds is 1. The van der Waals surface area contributed by atoms with Crippen LogP contribution in [0.5, 0.6) is 0 Å². The molecule has 2 amide bonds. The molecular weight excluding hydrogens is 318 g/mol. The average molecular weight is 345 g/mol. The van der Waals surface area contributed by atoms with Crippen LogP contribution in [0, 0.1) is 6.92 Å². The van der Waals surface area contributed by atoms with Crippen molar-refractivity contribution in [2.45, 2.75) is 39.2 Å². The van der Waals surface area contributed by atoms with Gasteiger partial charge in [0.15, 0.2) is 0 Å². The summed E-state index contributed by atoms with van der Waals surface area (Å²) in [6.07, 6.45) is 4.54. The van der Waals surface area contributed by atoms with Gasteiger partial charge in [0, 0.05) is 44.7 Å². The second-order valence-electron chi connectivity index (χ2n) is 7.12. The van der Waals surface area contributed by atoms with Gasteiger partial charge >= 0.3 is 6.03 Å². The number of urea groups is 1. The van der Waals surface area contributed by atoms with Crippen molar-refractivity contribution in [3.05, 3.63) is 17.1 Å². The van der Waals surface area contributed by atoms with Gasteiger partial charge < -0.3 is 19.4 Å². The molecule has 1 aromatic heterocycles. The molecule has 2 saturated heterocycles. The standard InChI is InChI=1S/C18H27N5O2/c1-14-19-16-5-8-23(18(24)22-9-11-25-12-10-22)13-15(16)17(20-14)21-6-3-2-4-7-21/h2-13H2,1H3. The van der Waals surface area contributed by atoms with E-state index in [1.54, 1.807) is 0 Å². The van der Waals surface area contributed by atoms with Gasteiger partial charge in [-0.3, -0.25) is 0 Å². The third-order valence-electron chi connectivity index (χ3n) is 5.36. The monoisotopic (exact) mass is 345 g/mol. The third-order valence-corrected chi connectivity index (χ3v) is 5.36. The Morgan fingerprint density at radius 1 is 0.960 bits per heavy atom. The number of piperidine rings is 1. The van der Waals surface area contributed by atoms with Gasteiger partial charge in [-0.1, -0.05) is 0 Å². The number of aromatic nitrogens is 2. The minimum atomic E-state index is 0.124. The molecule has 25 heavy (non-hydrogen) atoms. The van der Waals surface area contributed by atoms with Gasteiger partial charge in [-0.2, -0.15) is 0 Å². The predicted octanol–water partition coefficient (Wildman–Crippen LogP) is 1.59. The highest BCUT2D eigenvalue weighted by molar-refractivity contribution is 5.75. The highest BCUT2D eigenvalue weighted by atomic mass is 16.5. The first kappa shape index (κ1) is 16.6. The topological polar surface area (TPSA) is 61.8 Å². The number of anilines is 1. The Morgan fingerprint density at radius 3 is 2.48 bits per heavy atom. The van der Waals surface area contributed by atoms with Crippen LogP contribution in [0.25, 0.3) is 0 Å². The number of fused-ring (bicyclic) bond motifs is 1. The summed E-state index contributed by atoms with van der Waals surface area (Å²) in [5.74, 6) is 1.90. The molecule has 0 unspecified atom stereocenters. The Hall–Kier alpha value is -1.89. The molecule has 4 rings (SSSR count). The summed E-state index contributed by atoms with van der Waals surface area (Å²) in [5, 5.41) is 0. The first-order chi connectivity index (χ1) is 12.2. The summed E-state index contributed by atoms with van der Waals surface area (Å²) >= 11 is 0. The maximum Gasteiger partial charge on any atom is 0.320 e. The lowest BCUT2D eigenvalue weighted by Gasteiger charge is -2.37. The largest absolute Gasteiger partial charge is 0.378 e. The Bertz CT molecular complexity index is 639. The van der Waals surface area contributed by atoms with Crippen molar-refractivity contribution in [1.29, 1.82) is 0 Å². The summed E-state index contributed by atoms with van der Waals surface area (Å²) in [5.41, 5.74) is 2.28. The lowest BCUT2D eigenvalue weighted by atomic mass is 10.0. The average Bonchev–Trinajstić information content (AvgIpc) is 2.68. The van der Waals surface area contributed by atoms with E-state index in [9.17, 15) is 4.79 Å². The fourth-order valence-corrected chi connectivity index (χ4v) is 4.00. The highest BCUT2D eigenvalue weighted by Gasteiger charge is 2.30. The van der Waals surface area contributed by atoms with Crippen molar-refractivity contribution in [2.24, 2.45) is 0 Å². The Balaban J connectivity index is 1.57. The quantitative estimate of drug-likeness (QED) is 0.773. The van der Waals surface area contributed by atoms with Gasteiger partial charge in [0.05, 0.1) is 25.5 Å². The maximum absolute atomic E-state index is 12.9. The molecule has 0 saturated carbocycles. The number of aryl methyl sites for hydroxylation is 1. The normalized spacial score (nSPS) is 21.2. The van der Waals surface area contributed by atoms with Gasteiger partial charge in [-0.25, -0.2) is 14.8 Å². The van der Waals surface area contributed by atoms with Crippen molar-refractivity contribution in [2.75, 3.05) is 50.8 Å². The van der Waals surface area contributed by atoms with Crippen molar-refractivity contribution >= 4 is 11.8 Å². The van der Waals surface area contributed by atoms with E-state index in [2.05, 4.69) is 9.88 Å². The molecule has 0 aromatic carbocycles. The van der Waals surface area contributed by atoms with Crippen LogP contribution in [0.2, 0.25) is 0 Å². The van der Waals surface area contributed by atoms with Crippen LogP contribution in [0.15, 0.2) is 0 Å². The Morgan fingerprint density at radius 2 is 1.72 bits per heavy atom. The predicted molar refractivity (Wildman–Crippen MR) is 94.7 cm³/mol. The number of hydrogen-bond donors (Lipinski definition) is 0. The van der Waals surface area contributed by atoms with E-state index in [0.717, 1.165) is 49.0 Å². The number of morpholine rings is 1. The van der Waals surface area contributed by atoms with Gasteiger partial charge in [0.1, 0.15) is 11.6 Å².